The first kappa shape index (κ1) is 14.5. The van der Waals surface area contributed by atoms with Crippen LogP contribution in [0.4, 0.5) is 14.5 Å². The lowest BCUT2D eigenvalue weighted by atomic mass is 10.2. The Kier molecular flexibility index (Phi) is 4.05. The lowest BCUT2D eigenvalue weighted by Crippen LogP contribution is -2.34. The zero-order chi connectivity index (χ0) is 14.9. The molecular formula is C12H10F2N2O3S. The van der Waals surface area contributed by atoms with Crippen molar-refractivity contribution in [2.75, 3.05) is 18.5 Å². The predicted molar refractivity (Wildman–Crippen MR) is 69.1 cm³/mol. The second kappa shape index (κ2) is 5.59. The number of amides is 2. The van der Waals surface area contributed by atoms with Gasteiger partial charge in [0.2, 0.25) is 0 Å². The number of halogens is 2. The molecule has 2 N–H and O–H groups in total. The van der Waals surface area contributed by atoms with E-state index in [9.17, 15) is 18.4 Å². The van der Waals surface area contributed by atoms with Gasteiger partial charge in [0, 0.05) is 17.0 Å². The standard InChI is InChI=1S/C12H10F2N2O3S/c13-6-3-7(14)11(9(20)4-6)15-8-5-10(18)16(1-2-17)12(8)19/h3-5,15,17,20H,1-2H2. The number of hydrogen-bond acceptors (Lipinski definition) is 5. The lowest BCUT2D eigenvalue weighted by molar-refractivity contribution is -0.137. The van der Waals surface area contributed by atoms with Crippen molar-refractivity contribution in [1.29, 1.82) is 0 Å². The van der Waals surface area contributed by atoms with Gasteiger partial charge in [0.15, 0.2) is 5.82 Å². The number of nitrogens with one attached hydrogen (secondary N) is 1. The van der Waals surface area contributed by atoms with E-state index in [4.69, 9.17) is 5.11 Å². The Morgan fingerprint density at radius 3 is 2.60 bits per heavy atom. The van der Waals surface area contributed by atoms with Gasteiger partial charge >= 0.3 is 0 Å². The van der Waals surface area contributed by atoms with E-state index in [1.807, 2.05) is 0 Å². The molecule has 2 rings (SSSR count). The maximum absolute atomic E-state index is 13.6. The molecule has 0 aromatic heterocycles. The molecule has 0 unspecified atom stereocenters. The summed E-state index contributed by atoms with van der Waals surface area (Å²) in [6.07, 6.45) is 0.980. The van der Waals surface area contributed by atoms with E-state index in [1.54, 1.807) is 0 Å². The van der Waals surface area contributed by atoms with Gasteiger partial charge in [-0.25, -0.2) is 8.78 Å². The topological polar surface area (TPSA) is 69.6 Å². The first-order valence-electron chi connectivity index (χ1n) is 5.57. The summed E-state index contributed by atoms with van der Waals surface area (Å²) in [5.74, 6) is -3.05. The minimum absolute atomic E-state index is 0.0377. The van der Waals surface area contributed by atoms with E-state index in [0.717, 1.165) is 17.0 Å². The molecule has 0 atom stereocenters. The summed E-state index contributed by atoms with van der Waals surface area (Å²) in [7, 11) is 0. The molecule has 0 aliphatic carbocycles. The van der Waals surface area contributed by atoms with E-state index < -0.39 is 23.4 Å². The molecular weight excluding hydrogens is 290 g/mol. The highest BCUT2D eigenvalue weighted by atomic mass is 32.1. The minimum Gasteiger partial charge on any atom is -0.395 e. The normalized spacial score (nSPS) is 14.8. The molecule has 2 amide bonds. The smallest absolute Gasteiger partial charge is 0.277 e. The maximum atomic E-state index is 13.6. The van der Waals surface area contributed by atoms with Crippen LogP contribution >= 0.6 is 12.6 Å². The summed E-state index contributed by atoms with van der Waals surface area (Å²) in [6.45, 7) is -0.527. The molecule has 1 aromatic carbocycles. The molecule has 0 saturated heterocycles. The van der Waals surface area contributed by atoms with Gasteiger partial charge < -0.3 is 10.4 Å². The first-order valence-corrected chi connectivity index (χ1v) is 6.02. The fourth-order valence-corrected chi connectivity index (χ4v) is 2.01. The zero-order valence-corrected chi connectivity index (χ0v) is 11.0. The highest BCUT2D eigenvalue weighted by Crippen LogP contribution is 2.27. The summed E-state index contributed by atoms with van der Waals surface area (Å²) >= 11 is 3.91. The SMILES string of the molecule is O=C1C=C(Nc2c(F)cc(F)cc2S)C(=O)N1CCO. The number of rotatable bonds is 4. The molecule has 1 aliphatic heterocycles. The molecule has 0 bridgehead atoms. The van der Waals surface area contributed by atoms with Gasteiger partial charge in [-0.05, 0) is 6.07 Å². The average Bonchev–Trinajstić information content (AvgIpc) is 2.62. The molecule has 20 heavy (non-hydrogen) atoms. The van der Waals surface area contributed by atoms with Crippen molar-refractivity contribution >= 4 is 30.1 Å². The molecule has 1 aromatic rings. The number of hydrogen-bond donors (Lipinski definition) is 3. The molecule has 1 heterocycles. The monoisotopic (exact) mass is 300 g/mol. The average molecular weight is 300 g/mol. The van der Waals surface area contributed by atoms with E-state index in [1.165, 1.54) is 0 Å². The largest absolute Gasteiger partial charge is 0.395 e. The molecule has 0 saturated carbocycles. The van der Waals surface area contributed by atoms with Crippen molar-refractivity contribution in [3.05, 3.63) is 35.5 Å². The quantitative estimate of drug-likeness (QED) is 0.571. The maximum Gasteiger partial charge on any atom is 0.277 e. The zero-order valence-electron chi connectivity index (χ0n) is 10.1. The number of carbonyl (C=O) groups is 2. The Balaban J connectivity index is 2.26. The number of aliphatic hydroxyl groups excluding tert-OH is 1. The third-order valence-electron chi connectivity index (χ3n) is 2.63. The number of imide groups is 1. The summed E-state index contributed by atoms with van der Waals surface area (Å²) in [4.78, 5) is 24.1. The summed E-state index contributed by atoms with van der Waals surface area (Å²) in [6, 6.07) is 1.61. The van der Waals surface area contributed by atoms with Gasteiger partial charge in [-0.1, -0.05) is 0 Å². The van der Waals surface area contributed by atoms with Gasteiger partial charge in [0.25, 0.3) is 11.8 Å². The highest BCUT2D eigenvalue weighted by Gasteiger charge is 2.31. The van der Waals surface area contributed by atoms with Crippen LogP contribution in [0.3, 0.4) is 0 Å². The highest BCUT2D eigenvalue weighted by molar-refractivity contribution is 7.80. The Hall–Kier alpha value is -1.93. The van der Waals surface area contributed by atoms with Gasteiger partial charge in [0.05, 0.1) is 18.8 Å². The van der Waals surface area contributed by atoms with Crippen LogP contribution in [-0.4, -0.2) is 35.0 Å². The molecule has 5 nitrogen and oxygen atoms in total. The number of nitrogens with zero attached hydrogens (tertiary/aromatic N) is 1. The number of anilines is 1. The fraction of sp³-hybridized carbons (Fsp3) is 0.167. The fourth-order valence-electron chi connectivity index (χ4n) is 1.73. The number of benzene rings is 1. The second-order valence-electron chi connectivity index (χ2n) is 3.98. The summed E-state index contributed by atoms with van der Waals surface area (Å²) in [5.41, 5.74) is -0.364. The van der Waals surface area contributed by atoms with Crippen LogP contribution in [0.5, 0.6) is 0 Å². The summed E-state index contributed by atoms with van der Waals surface area (Å²) in [5, 5.41) is 11.2. The van der Waals surface area contributed by atoms with Crippen molar-refractivity contribution in [2.45, 2.75) is 4.90 Å². The van der Waals surface area contributed by atoms with Gasteiger partial charge in [-0.15, -0.1) is 12.6 Å². The number of β-amino-alcohol motifs (C(OH)–C–C–N with tert-alkyl or cyclic N) is 1. The molecule has 0 radical (unpaired) electrons. The van der Waals surface area contributed by atoms with E-state index in [2.05, 4.69) is 17.9 Å². The van der Waals surface area contributed by atoms with Crippen LogP contribution in [0.2, 0.25) is 0 Å². The molecule has 106 valence electrons. The third-order valence-corrected chi connectivity index (χ3v) is 2.98. The molecule has 0 spiro atoms. The van der Waals surface area contributed by atoms with Gasteiger partial charge in [-0.2, -0.15) is 0 Å². The first-order chi connectivity index (χ1) is 9.43. The van der Waals surface area contributed by atoms with Crippen LogP contribution < -0.4 is 5.32 Å². The van der Waals surface area contributed by atoms with Crippen LogP contribution in [0.15, 0.2) is 28.8 Å². The molecule has 8 heteroatoms. The van der Waals surface area contributed by atoms with Gasteiger partial charge in [-0.3, -0.25) is 14.5 Å². The van der Waals surface area contributed by atoms with Crippen LogP contribution in [0.25, 0.3) is 0 Å². The lowest BCUT2D eigenvalue weighted by Gasteiger charge is -2.14. The van der Waals surface area contributed by atoms with Crippen LogP contribution in [0, 0.1) is 11.6 Å². The number of aliphatic hydroxyl groups is 1. The number of thiol groups is 1. The second-order valence-corrected chi connectivity index (χ2v) is 4.47. The Morgan fingerprint density at radius 2 is 2.00 bits per heavy atom. The van der Waals surface area contributed by atoms with Crippen molar-refractivity contribution in [1.82, 2.24) is 4.90 Å². The summed E-state index contributed by atoms with van der Waals surface area (Å²) < 4.78 is 26.5. The van der Waals surface area contributed by atoms with Crippen LogP contribution in [-0.2, 0) is 9.59 Å². The van der Waals surface area contributed by atoms with E-state index in [-0.39, 0.29) is 29.4 Å². The Bertz CT molecular complexity index is 596. The Morgan fingerprint density at radius 1 is 1.30 bits per heavy atom. The molecule has 0 fully saturated rings. The number of carbonyl (C=O) groups excluding carboxylic acids is 2. The third kappa shape index (κ3) is 2.66. The van der Waals surface area contributed by atoms with Crippen molar-refractivity contribution in [3.8, 4) is 0 Å². The Labute approximate surface area is 118 Å². The van der Waals surface area contributed by atoms with Crippen molar-refractivity contribution in [3.63, 3.8) is 0 Å². The van der Waals surface area contributed by atoms with Crippen molar-refractivity contribution in [2.24, 2.45) is 0 Å². The van der Waals surface area contributed by atoms with Crippen molar-refractivity contribution < 1.29 is 23.5 Å². The van der Waals surface area contributed by atoms with Gasteiger partial charge in [0.1, 0.15) is 11.5 Å². The predicted octanol–water partition coefficient (Wildman–Crippen LogP) is 0.910. The minimum atomic E-state index is -0.934. The molecule has 1 aliphatic rings. The van der Waals surface area contributed by atoms with Crippen LogP contribution in [0.1, 0.15) is 0 Å². The van der Waals surface area contributed by atoms with E-state index in [0.29, 0.717) is 6.07 Å². The van der Waals surface area contributed by atoms with E-state index >= 15 is 0 Å².